The van der Waals surface area contributed by atoms with Gasteiger partial charge in [0.15, 0.2) is 11.5 Å². The van der Waals surface area contributed by atoms with E-state index < -0.39 is 11.5 Å². The van der Waals surface area contributed by atoms with Crippen molar-refractivity contribution < 1.29 is 28.5 Å². The van der Waals surface area contributed by atoms with E-state index in [0.29, 0.717) is 54.5 Å². The minimum Gasteiger partial charge on any atom is -0.497 e. The molecule has 2 aromatic rings. The summed E-state index contributed by atoms with van der Waals surface area (Å²) in [5.74, 6) is 2.28. The van der Waals surface area contributed by atoms with Gasteiger partial charge in [0, 0.05) is 30.1 Å². The van der Waals surface area contributed by atoms with E-state index in [1.165, 1.54) is 0 Å². The van der Waals surface area contributed by atoms with Gasteiger partial charge in [0.2, 0.25) is 0 Å². The van der Waals surface area contributed by atoms with Gasteiger partial charge in [0.05, 0.1) is 45.8 Å². The van der Waals surface area contributed by atoms with Gasteiger partial charge in [-0.15, -0.1) is 0 Å². The molecule has 1 amide bonds. The smallest absolute Gasteiger partial charge is 0.257 e. The molecular weight excluding hydrogens is 474 g/mol. The predicted molar refractivity (Wildman–Crippen MR) is 140 cm³/mol. The lowest BCUT2D eigenvalue weighted by Gasteiger charge is -2.39. The van der Waals surface area contributed by atoms with Crippen LogP contribution in [-0.4, -0.2) is 81.4 Å². The number of rotatable bonds is 8. The number of piperidine rings is 1. The SMILES string of the molecule is COc1ccc(C(=O)N2CCC(N3N=C(c4ccc(OC)c(OC)c4)C(C)(C)C3C=O)CC2)c(OC)c1. The molecule has 0 radical (unpaired) electrons. The highest BCUT2D eigenvalue weighted by atomic mass is 16.5. The van der Waals surface area contributed by atoms with Crippen molar-refractivity contribution in [3.05, 3.63) is 47.5 Å². The van der Waals surface area contributed by atoms with Crippen LogP contribution in [-0.2, 0) is 4.79 Å². The van der Waals surface area contributed by atoms with Crippen LogP contribution in [0.25, 0.3) is 0 Å². The molecule has 9 heteroatoms. The molecule has 4 rings (SSSR count). The summed E-state index contributed by atoms with van der Waals surface area (Å²) in [6.45, 7) is 5.19. The van der Waals surface area contributed by atoms with Crippen molar-refractivity contribution in [3.63, 3.8) is 0 Å². The summed E-state index contributed by atoms with van der Waals surface area (Å²) in [4.78, 5) is 27.4. The number of aldehydes is 1. The van der Waals surface area contributed by atoms with Crippen LogP contribution in [0.15, 0.2) is 41.5 Å². The Morgan fingerprint density at radius 2 is 1.59 bits per heavy atom. The third-order valence-electron chi connectivity index (χ3n) is 7.40. The third kappa shape index (κ3) is 4.82. The van der Waals surface area contributed by atoms with E-state index in [2.05, 4.69) is 0 Å². The molecule has 1 fully saturated rings. The van der Waals surface area contributed by atoms with Crippen molar-refractivity contribution in [1.82, 2.24) is 9.91 Å². The number of likely N-dealkylation sites (tertiary alicyclic amines) is 1. The molecule has 1 unspecified atom stereocenters. The number of hydrazone groups is 1. The summed E-state index contributed by atoms with van der Waals surface area (Å²) in [5.41, 5.74) is 1.71. The molecule has 2 aromatic carbocycles. The summed E-state index contributed by atoms with van der Waals surface area (Å²) in [6, 6.07) is 10.5. The zero-order valence-corrected chi connectivity index (χ0v) is 22.3. The molecule has 0 saturated carbocycles. The van der Waals surface area contributed by atoms with Crippen molar-refractivity contribution in [1.29, 1.82) is 0 Å². The van der Waals surface area contributed by atoms with Gasteiger partial charge in [-0.25, -0.2) is 0 Å². The number of hydrogen-bond acceptors (Lipinski definition) is 8. The number of methoxy groups -OCH3 is 4. The fourth-order valence-electron chi connectivity index (χ4n) is 5.21. The molecule has 2 aliphatic rings. The molecule has 0 spiro atoms. The first-order chi connectivity index (χ1) is 17.8. The zero-order chi connectivity index (χ0) is 26.7. The zero-order valence-electron chi connectivity index (χ0n) is 22.3. The monoisotopic (exact) mass is 509 g/mol. The molecule has 9 nitrogen and oxygen atoms in total. The molecule has 2 heterocycles. The maximum Gasteiger partial charge on any atom is 0.257 e. The van der Waals surface area contributed by atoms with Gasteiger partial charge in [-0.1, -0.05) is 13.8 Å². The van der Waals surface area contributed by atoms with Crippen LogP contribution in [0.3, 0.4) is 0 Å². The second-order valence-corrected chi connectivity index (χ2v) is 9.79. The molecule has 0 N–H and O–H groups in total. The Morgan fingerprint density at radius 3 is 2.19 bits per heavy atom. The summed E-state index contributed by atoms with van der Waals surface area (Å²) in [5, 5.41) is 6.92. The van der Waals surface area contributed by atoms with Crippen LogP contribution in [0.4, 0.5) is 0 Å². The van der Waals surface area contributed by atoms with Crippen LogP contribution in [0.5, 0.6) is 23.0 Å². The maximum atomic E-state index is 13.3. The fourth-order valence-corrected chi connectivity index (χ4v) is 5.21. The Morgan fingerprint density at radius 1 is 0.919 bits per heavy atom. The number of hydrogen-bond donors (Lipinski definition) is 0. The quantitative estimate of drug-likeness (QED) is 0.502. The van der Waals surface area contributed by atoms with E-state index in [9.17, 15) is 9.59 Å². The van der Waals surface area contributed by atoms with E-state index in [-0.39, 0.29) is 11.9 Å². The van der Waals surface area contributed by atoms with E-state index in [1.54, 1.807) is 46.6 Å². The molecule has 1 atom stereocenters. The lowest BCUT2D eigenvalue weighted by atomic mass is 9.78. The Bertz CT molecular complexity index is 1190. The van der Waals surface area contributed by atoms with Gasteiger partial charge in [0.25, 0.3) is 5.91 Å². The summed E-state index contributed by atoms with van der Waals surface area (Å²) in [7, 11) is 6.31. The normalized spacial score (nSPS) is 19.3. The average molecular weight is 510 g/mol. The molecule has 1 saturated heterocycles. The van der Waals surface area contributed by atoms with Crippen LogP contribution in [0.1, 0.15) is 42.6 Å². The number of nitrogens with zero attached hydrogens (tertiary/aromatic N) is 3. The minimum absolute atomic E-state index is 0.0360. The van der Waals surface area contributed by atoms with Crippen molar-refractivity contribution in [2.45, 2.75) is 38.8 Å². The highest BCUT2D eigenvalue weighted by molar-refractivity contribution is 6.07. The molecule has 37 heavy (non-hydrogen) atoms. The summed E-state index contributed by atoms with van der Waals surface area (Å²) >= 11 is 0. The lowest BCUT2D eigenvalue weighted by molar-refractivity contribution is -0.115. The molecule has 0 bridgehead atoms. The lowest BCUT2D eigenvalue weighted by Crippen LogP contribution is -2.50. The topological polar surface area (TPSA) is 89.9 Å². The summed E-state index contributed by atoms with van der Waals surface area (Å²) in [6.07, 6.45) is 2.39. The number of amides is 1. The molecular formula is C28H35N3O6. The van der Waals surface area contributed by atoms with E-state index in [0.717, 1.165) is 17.6 Å². The van der Waals surface area contributed by atoms with Crippen molar-refractivity contribution >= 4 is 17.9 Å². The van der Waals surface area contributed by atoms with Crippen LogP contribution < -0.4 is 18.9 Å². The highest BCUT2D eigenvalue weighted by Gasteiger charge is 2.47. The van der Waals surface area contributed by atoms with Gasteiger partial charge in [-0.2, -0.15) is 5.10 Å². The van der Waals surface area contributed by atoms with Crippen LogP contribution in [0.2, 0.25) is 0 Å². The maximum absolute atomic E-state index is 13.3. The first-order valence-corrected chi connectivity index (χ1v) is 12.3. The molecule has 198 valence electrons. The number of carbonyl (C=O) groups excluding carboxylic acids is 2. The van der Waals surface area contributed by atoms with Crippen molar-refractivity contribution in [3.8, 4) is 23.0 Å². The largest absolute Gasteiger partial charge is 0.497 e. The van der Waals surface area contributed by atoms with Crippen LogP contribution in [0, 0.1) is 5.41 Å². The molecule has 2 aliphatic heterocycles. The average Bonchev–Trinajstić information content (AvgIpc) is 3.21. The number of carbonyl (C=O) groups is 2. The Kier molecular flexibility index (Phi) is 7.61. The van der Waals surface area contributed by atoms with Gasteiger partial charge >= 0.3 is 0 Å². The number of benzene rings is 2. The van der Waals surface area contributed by atoms with Crippen LogP contribution >= 0.6 is 0 Å². The minimum atomic E-state index is -0.509. The second-order valence-electron chi connectivity index (χ2n) is 9.79. The second kappa shape index (κ2) is 10.7. The fraction of sp³-hybridized carbons (Fsp3) is 0.464. The first-order valence-electron chi connectivity index (χ1n) is 12.3. The highest BCUT2D eigenvalue weighted by Crippen LogP contribution is 2.40. The van der Waals surface area contributed by atoms with Gasteiger partial charge < -0.3 is 28.6 Å². The molecule has 0 aromatic heterocycles. The Labute approximate surface area is 217 Å². The predicted octanol–water partition coefficient (Wildman–Crippen LogP) is 3.64. The Hall–Kier alpha value is -3.75. The Balaban J connectivity index is 1.53. The van der Waals surface area contributed by atoms with E-state index >= 15 is 0 Å². The van der Waals surface area contributed by atoms with Crippen molar-refractivity contribution in [2.24, 2.45) is 10.5 Å². The van der Waals surface area contributed by atoms with E-state index in [1.807, 2.05) is 42.0 Å². The first kappa shape index (κ1) is 26.3. The van der Waals surface area contributed by atoms with Crippen molar-refractivity contribution in [2.75, 3.05) is 41.5 Å². The van der Waals surface area contributed by atoms with Gasteiger partial charge in [0.1, 0.15) is 23.8 Å². The molecule has 0 aliphatic carbocycles. The van der Waals surface area contributed by atoms with E-state index in [4.69, 9.17) is 24.0 Å². The summed E-state index contributed by atoms with van der Waals surface area (Å²) < 4.78 is 21.5. The number of ether oxygens (including phenoxy) is 4. The third-order valence-corrected chi connectivity index (χ3v) is 7.40. The van der Waals surface area contributed by atoms with Gasteiger partial charge in [-0.05, 0) is 43.2 Å². The standard InChI is InChI=1S/C28H35N3O6/c1-28(2)25(17-32)31(29-26(28)18-7-10-22(35-4)24(15-18)37-6)19-11-13-30(14-12-19)27(33)21-9-8-20(34-3)16-23(21)36-5/h7-10,15-17,19,25H,11-14H2,1-6H3. The van der Waals surface area contributed by atoms with Gasteiger partial charge in [-0.3, -0.25) is 9.80 Å².